The first-order valence-corrected chi connectivity index (χ1v) is 7.08. The van der Waals surface area contributed by atoms with Crippen LogP contribution in [0.3, 0.4) is 0 Å². The normalized spacial score (nSPS) is 11.4. The van der Waals surface area contributed by atoms with Crippen LogP contribution in [-0.4, -0.2) is 25.6 Å². The van der Waals surface area contributed by atoms with Crippen LogP contribution in [0.1, 0.15) is 30.0 Å². The molecule has 0 aliphatic carbocycles. The van der Waals surface area contributed by atoms with Crippen molar-refractivity contribution in [3.63, 3.8) is 0 Å². The molecule has 0 amide bonds. The van der Waals surface area contributed by atoms with Gasteiger partial charge in [-0.05, 0) is 23.4 Å². The molecule has 5 nitrogen and oxygen atoms in total. The Bertz CT molecular complexity index is 770. The molecule has 0 saturated heterocycles. The van der Waals surface area contributed by atoms with Gasteiger partial charge in [-0.25, -0.2) is 9.67 Å². The van der Waals surface area contributed by atoms with Gasteiger partial charge >= 0.3 is 0 Å². The van der Waals surface area contributed by atoms with Crippen LogP contribution in [0.25, 0.3) is 10.9 Å². The number of hydrogen-bond donors (Lipinski definition) is 0. The molecule has 0 atom stereocenters. The Morgan fingerprint density at radius 2 is 2.14 bits per heavy atom. The van der Waals surface area contributed by atoms with Crippen molar-refractivity contribution in [2.45, 2.75) is 26.9 Å². The summed E-state index contributed by atoms with van der Waals surface area (Å²) < 4.78 is 4.04. The Hall–Kier alpha value is -2.43. The van der Waals surface area contributed by atoms with Crippen LogP contribution in [0, 0.1) is 5.92 Å². The molecule has 5 heteroatoms. The molecule has 21 heavy (non-hydrogen) atoms. The second-order valence-electron chi connectivity index (χ2n) is 5.63. The smallest absolute Gasteiger partial charge is 0.150 e. The van der Waals surface area contributed by atoms with Crippen molar-refractivity contribution in [1.29, 1.82) is 0 Å². The van der Waals surface area contributed by atoms with Gasteiger partial charge in [0.25, 0.3) is 0 Å². The van der Waals surface area contributed by atoms with Gasteiger partial charge in [0.2, 0.25) is 0 Å². The molecule has 0 unspecified atom stereocenters. The van der Waals surface area contributed by atoms with E-state index in [9.17, 15) is 4.79 Å². The largest absolute Gasteiger partial charge is 0.340 e. The zero-order valence-electron chi connectivity index (χ0n) is 12.2. The van der Waals surface area contributed by atoms with E-state index in [1.54, 1.807) is 6.33 Å². The molecule has 0 radical (unpaired) electrons. The number of rotatable bonds is 5. The van der Waals surface area contributed by atoms with Crippen LogP contribution in [0.4, 0.5) is 0 Å². The molecular formula is C16H18N4O. The summed E-state index contributed by atoms with van der Waals surface area (Å²) in [7, 11) is 0. The Morgan fingerprint density at radius 3 is 2.90 bits per heavy atom. The second-order valence-corrected chi connectivity index (χ2v) is 5.63. The van der Waals surface area contributed by atoms with Gasteiger partial charge in [0.1, 0.15) is 18.4 Å². The predicted molar refractivity (Wildman–Crippen MR) is 81.3 cm³/mol. The molecule has 2 heterocycles. The van der Waals surface area contributed by atoms with E-state index in [0.717, 1.165) is 29.6 Å². The summed E-state index contributed by atoms with van der Waals surface area (Å²) in [5, 5.41) is 5.41. The Labute approximate surface area is 123 Å². The quantitative estimate of drug-likeness (QED) is 0.676. The van der Waals surface area contributed by atoms with Gasteiger partial charge in [-0.1, -0.05) is 26.0 Å². The minimum absolute atomic E-state index is 0.522. The maximum absolute atomic E-state index is 10.9. The van der Waals surface area contributed by atoms with Gasteiger partial charge in [-0.15, -0.1) is 0 Å². The maximum Gasteiger partial charge on any atom is 0.150 e. The fourth-order valence-electron chi connectivity index (χ4n) is 2.47. The van der Waals surface area contributed by atoms with Gasteiger partial charge in [0, 0.05) is 23.8 Å². The van der Waals surface area contributed by atoms with E-state index in [2.05, 4.69) is 28.5 Å². The molecule has 0 bridgehead atoms. The van der Waals surface area contributed by atoms with Crippen LogP contribution >= 0.6 is 0 Å². The third-order valence-corrected chi connectivity index (χ3v) is 3.48. The summed E-state index contributed by atoms with van der Waals surface area (Å²) in [4.78, 5) is 15.3. The molecule has 2 aromatic heterocycles. The molecule has 0 saturated carbocycles. The first-order valence-electron chi connectivity index (χ1n) is 7.08. The Balaban J connectivity index is 1.95. The second kappa shape index (κ2) is 5.52. The average molecular weight is 282 g/mol. The van der Waals surface area contributed by atoms with E-state index < -0.39 is 0 Å². The maximum atomic E-state index is 10.9. The first-order chi connectivity index (χ1) is 10.2. The van der Waals surface area contributed by atoms with Crippen LogP contribution in [0.5, 0.6) is 0 Å². The summed E-state index contributed by atoms with van der Waals surface area (Å²) >= 11 is 0. The van der Waals surface area contributed by atoms with Crippen molar-refractivity contribution in [2.75, 3.05) is 0 Å². The number of aldehydes is 1. The Kier molecular flexibility index (Phi) is 3.56. The number of hydrogen-bond acceptors (Lipinski definition) is 3. The van der Waals surface area contributed by atoms with E-state index in [0.29, 0.717) is 18.0 Å². The molecule has 1 aromatic carbocycles. The predicted octanol–water partition coefficient (Wildman–Crippen LogP) is 2.75. The topological polar surface area (TPSA) is 52.7 Å². The van der Waals surface area contributed by atoms with Crippen LogP contribution in [-0.2, 0) is 13.1 Å². The van der Waals surface area contributed by atoms with Crippen LogP contribution in [0.2, 0.25) is 0 Å². The zero-order valence-corrected chi connectivity index (χ0v) is 12.2. The third kappa shape index (κ3) is 2.72. The molecule has 0 N–H and O–H groups in total. The SMILES string of the molecule is CC(C)Cn1ncnc1Cn1ccc2ccc(C=O)cc21. The van der Waals surface area contributed by atoms with Crippen molar-refractivity contribution >= 4 is 17.2 Å². The lowest BCUT2D eigenvalue weighted by atomic mass is 10.2. The van der Waals surface area contributed by atoms with E-state index in [4.69, 9.17) is 0 Å². The Morgan fingerprint density at radius 1 is 1.29 bits per heavy atom. The highest BCUT2D eigenvalue weighted by atomic mass is 16.1. The first kappa shape index (κ1) is 13.5. The monoisotopic (exact) mass is 282 g/mol. The highest BCUT2D eigenvalue weighted by Gasteiger charge is 2.09. The van der Waals surface area contributed by atoms with E-state index in [1.807, 2.05) is 35.1 Å². The highest BCUT2D eigenvalue weighted by molar-refractivity contribution is 5.87. The molecular weight excluding hydrogens is 264 g/mol. The zero-order chi connectivity index (χ0) is 14.8. The number of carbonyl (C=O) groups is 1. The van der Waals surface area contributed by atoms with Crippen molar-refractivity contribution in [3.05, 3.63) is 48.2 Å². The molecule has 3 aromatic rings. The molecule has 0 spiro atoms. The minimum Gasteiger partial charge on any atom is -0.340 e. The van der Waals surface area contributed by atoms with Gasteiger partial charge in [0.15, 0.2) is 0 Å². The van der Waals surface area contributed by atoms with Gasteiger partial charge < -0.3 is 4.57 Å². The third-order valence-electron chi connectivity index (χ3n) is 3.48. The molecule has 108 valence electrons. The molecule has 3 rings (SSSR count). The van der Waals surface area contributed by atoms with E-state index >= 15 is 0 Å². The summed E-state index contributed by atoms with van der Waals surface area (Å²) in [5.41, 5.74) is 1.73. The molecule has 0 aliphatic rings. The lowest BCUT2D eigenvalue weighted by molar-refractivity contribution is 0.112. The van der Waals surface area contributed by atoms with Crippen LogP contribution < -0.4 is 0 Å². The number of benzene rings is 1. The highest BCUT2D eigenvalue weighted by Crippen LogP contribution is 2.18. The average Bonchev–Trinajstić information content (AvgIpc) is 3.06. The number of carbonyl (C=O) groups excluding carboxylic acids is 1. The van der Waals surface area contributed by atoms with Crippen molar-refractivity contribution in [2.24, 2.45) is 5.92 Å². The van der Waals surface area contributed by atoms with Gasteiger partial charge in [-0.3, -0.25) is 4.79 Å². The molecule has 0 fully saturated rings. The fraction of sp³-hybridized carbons (Fsp3) is 0.312. The number of nitrogens with zero attached hydrogens (tertiary/aromatic N) is 4. The van der Waals surface area contributed by atoms with Gasteiger partial charge in [0.05, 0.1) is 6.54 Å². The van der Waals surface area contributed by atoms with Crippen molar-refractivity contribution in [3.8, 4) is 0 Å². The number of aromatic nitrogens is 4. The lowest BCUT2D eigenvalue weighted by Gasteiger charge is -2.10. The van der Waals surface area contributed by atoms with E-state index in [1.165, 1.54) is 0 Å². The standard InChI is InChI=1S/C16H18N4O/c1-12(2)8-20-16(17-11-18-20)9-19-6-5-14-4-3-13(10-21)7-15(14)19/h3-7,10-12H,8-9H2,1-2H3. The number of fused-ring (bicyclic) bond motifs is 1. The fourth-order valence-corrected chi connectivity index (χ4v) is 2.47. The summed E-state index contributed by atoms with van der Waals surface area (Å²) in [6.45, 7) is 5.83. The van der Waals surface area contributed by atoms with Crippen molar-refractivity contribution < 1.29 is 4.79 Å². The van der Waals surface area contributed by atoms with Gasteiger partial charge in [-0.2, -0.15) is 5.10 Å². The molecule has 0 aliphatic heterocycles. The summed E-state index contributed by atoms with van der Waals surface area (Å²) in [6, 6.07) is 7.76. The lowest BCUT2D eigenvalue weighted by Crippen LogP contribution is -2.13. The van der Waals surface area contributed by atoms with Crippen molar-refractivity contribution in [1.82, 2.24) is 19.3 Å². The minimum atomic E-state index is 0.522. The summed E-state index contributed by atoms with van der Waals surface area (Å²) in [6.07, 6.45) is 4.49. The summed E-state index contributed by atoms with van der Waals surface area (Å²) in [5.74, 6) is 1.45. The van der Waals surface area contributed by atoms with E-state index in [-0.39, 0.29) is 0 Å². The van der Waals surface area contributed by atoms with Crippen LogP contribution in [0.15, 0.2) is 36.8 Å².